The average molecular weight is 125 g/mol. The predicted octanol–water partition coefficient (Wildman–Crippen LogP) is 0.220. The van der Waals surface area contributed by atoms with Crippen molar-refractivity contribution in [2.24, 2.45) is 10.7 Å². The van der Waals surface area contributed by atoms with Crippen LogP contribution in [0, 0.1) is 0 Å². The van der Waals surface area contributed by atoms with Gasteiger partial charge in [-0.1, -0.05) is 12.7 Å². The maximum atomic E-state index is 5.03. The second kappa shape index (κ2) is 4.90. The number of nitrogens with one attached hydrogen (secondary N) is 1. The molecule has 3 N–H and O–H groups in total. The summed E-state index contributed by atoms with van der Waals surface area (Å²) >= 11 is 0. The first-order valence-corrected chi connectivity index (χ1v) is 2.60. The minimum Gasteiger partial charge on any atom is -0.390 e. The summed E-state index contributed by atoms with van der Waals surface area (Å²) in [6.07, 6.45) is 4.59. The van der Waals surface area contributed by atoms with Gasteiger partial charge in [-0.3, -0.25) is 0 Å². The Morgan fingerprint density at radius 3 is 2.78 bits per heavy atom. The molecule has 0 aromatic heterocycles. The molecule has 0 aromatic rings. The maximum absolute atomic E-state index is 5.03. The molecule has 0 aliphatic carbocycles. The average Bonchev–Trinajstić information content (AvgIpc) is 1.88. The molecule has 0 bridgehead atoms. The normalized spacial score (nSPS) is 11.9. The second-order valence-corrected chi connectivity index (χ2v) is 1.32. The lowest BCUT2D eigenvalue weighted by Gasteiger charge is -1.94. The number of rotatable bonds is 3. The largest absolute Gasteiger partial charge is 0.390 e. The molecule has 0 amide bonds. The van der Waals surface area contributed by atoms with E-state index in [2.05, 4.69) is 16.9 Å². The summed E-state index contributed by atoms with van der Waals surface area (Å²) in [5.41, 5.74) is 5.03. The minimum absolute atomic E-state index is 0.701. The Morgan fingerprint density at radius 1 is 1.78 bits per heavy atom. The van der Waals surface area contributed by atoms with Gasteiger partial charge in [-0.2, -0.15) is 0 Å². The molecule has 0 fully saturated rings. The number of aliphatic imine (C=N–C) groups is 1. The number of nitrogens with zero attached hydrogens (tertiary/aromatic N) is 1. The highest BCUT2D eigenvalue weighted by Gasteiger charge is 1.80. The molecular weight excluding hydrogens is 114 g/mol. The molecule has 0 heterocycles. The molecule has 0 radical (unpaired) electrons. The van der Waals surface area contributed by atoms with Crippen LogP contribution in [0.2, 0.25) is 0 Å². The van der Waals surface area contributed by atoms with Crippen molar-refractivity contribution in [1.82, 2.24) is 5.32 Å². The van der Waals surface area contributed by atoms with E-state index in [0.29, 0.717) is 5.82 Å². The van der Waals surface area contributed by atoms with Gasteiger partial charge in [0.15, 0.2) is 0 Å². The fraction of sp³-hybridized carbons (Fsp3) is 0.167. The zero-order valence-electron chi connectivity index (χ0n) is 5.46. The Bertz CT molecular complexity index is 135. The third-order valence-electron chi connectivity index (χ3n) is 0.745. The van der Waals surface area contributed by atoms with Crippen molar-refractivity contribution in [2.45, 2.75) is 0 Å². The van der Waals surface area contributed by atoms with Gasteiger partial charge in [-0.05, 0) is 6.08 Å². The molecule has 9 heavy (non-hydrogen) atoms. The van der Waals surface area contributed by atoms with Crippen molar-refractivity contribution < 1.29 is 0 Å². The van der Waals surface area contributed by atoms with Crippen LogP contribution in [0.3, 0.4) is 0 Å². The summed E-state index contributed by atoms with van der Waals surface area (Å²) in [7, 11) is 1.77. The Kier molecular flexibility index (Phi) is 4.22. The third-order valence-corrected chi connectivity index (χ3v) is 0.745. The molecular formula is C6H11N3. The molecule has 0 saturated heterocycles. The van der Waals surface area contributed by atoms with Crippen LogP contribution in [-0.2, 0) is 0 Å². The van der Waals surface area contributed by atoms with Crippen molar-refractivity contribution >= 4 is 6.34 Å². The molecule has 50 valence electrons. The van der Waals surface area contributed by atoms with Crippen molar-refractivity contribution in [2.75, 3.05) is 7.05 Å². The summed E-state index contributed by atoms with van der Waals surface area (Å²) in [5.74, 6) is 0.701. The first-order valence-electron chi connectivity index (χ1n) is 2.60. The highest BCUT2D eigenvalue weighted by molar-refractivity contribution is 5.53. The van der Waals surface area contributed by atoms with Gasteiger partial charge in [-0.25, -0.2) is 4.99 Å². The highest BCUT2D eigenvalue weighted by Crippen LogP contribution is 1.86. The molecule has 0 aliphatic rings. The van der Waals surface area contributed by atoms with Crippen LogP contribution in [0.4, 0.5) is 0 Å². The summed E-state index contributed by atoms with van der Waals surface area (Å²) < 4.78 is 0. The Hall–Kier alpha value is -1.25. The van der Waals surface area contributed by atoms with Crippen molar-refractivity contribution in [3.05, 3.63) is 24.6 Å². The molecule has 0 unspecified atom stereocenters. The van der Waals surface area contributed by atoms with E-state index in [-0.39, 0.29) is 0 Å². The van der Waals surface area contributed by atoms with Crippen LogP contribution in [-0.4, -0.2) is 13.4 Å². The molecule has 0 saturated carbocycles. The van der Waals surface area contributed by atoms with Gasteiger partial charge < -0.3 is 11.1 Å². The molecule has 0 spiro atoms. The summed E-state index contributed by atoms with van der Waals surface area (Å²) in [5, 5.41) is 2.82. The van der Waals surface area contributed by atoms with E-state index in [1.165, 1.54) is 6.34 Å². The first kappa shape index (κ1) is 7.75. The lowest BCUT2D eigenvalue weighted by molar-refractivity contribution is 0.967. The van der Waals surface area contributed by atoms with Gasteiger partial charge in [-0.15, -0.1) is 0 Å². The number of hydrogen-bond acceptors (Lipinski definition) is 2. The molecule has 3 nitrogen and oxygen atoms in total. The number of allylic oxidation sites excluding steroid dienone is 2. The SMILES string of the molecule is C=C/C=C(\N=C/N)NC. The van der Waals surface area contributed by atoms with Crippen molar-refractivity contribution in [1.29, 1.82) is 0 Å². The second-order valence-electron chi connectivity index (χ2n) is 1.32. The van der Waals surface area contributed by atoms with Crippen molar-refractivity contribution in [3.8, 4) is 0 Å². The standard InChI is InChI=1S/C6H11N3/c1-3-4-6(8-2)9-5-7/h3-5,8H,1H2,2H3,(H2,7,9)/b6-4-. The fourth-order valence-electron chi connectivity index (χ4n) is 0.383. The van der Waals surface area contributed by atoms with E-state index in [0.717, 1.165) is 0 Å². The Morgan fingerprint density at radius 2 is 2.44 bits per heavy atom. The summed E-state index contributed by atoms with van der Waals surface area (Å²) in [4.78, 5) is 3.76. The van der Waals surface area contributed by atoms with E-state index in [1.54, 1.807) is 19.2 Å². The quantitative estimate of drug-likeness (QED) is 0.322. The van der Waals surface area contributed by atoms with Crippen LogP contribution in [0.25, 0.3) is 0 Å². The Balaban J connectivity index is 3.96. The van der Waals surface area contributed by atoms with Gasteiger partial charge in [0.1, 0.15) is 5.82 Å². The van der Waals surface area contributed by atoms with Gasteiger partial charge in [0.2, 0.25) is 0 Å². The predicted molar refractivity (Wildman–Crippen MR) is 40.0 cm³/mol. The van der Waals surface area contributed by atoms with Gasteiger partial charge in [0.25, 0.3) is 0 Å². The lowest BCUT2D eigenvalue weighted by Crippen LogP contribution is -2.04. The smallest absolute Gasteiger partial charge is 0.127 e. The van der Waals surface area contributed by atoms with Crippen LogP contribution >= 0.6 is 0 Å². The molecule has 0 aliphatic heterocycles. The number of hydrogen-bond donors (Lipinski definition) is 2. The molecule has 0 atom stereocenters. The van der Waals surface area contributed by atoms with Crippen LogP contribution in [0.15, 0.2) is 29.5 Å². The minimum atomic E-state index is 0.701. The first-order chi connectivity index (χ1) is 4.35. The van der Waals surface area contributed by atoms with Crippen LogP contribution in [0.1, 0.15) is 0 Å². The summed E-state index contributed by atoms with van der Waals surface area (Å²) in [6, 6.07) is 0. The van der Waals surface area contributed by atoms with Gasteiger partial charge >= 0.3 is 0 Å². The van der Waals surface area contributed by atoms with Crippen LogP contribution in [0.5, 0.6) is 0 Å². The zero-order chi connectivity index (χ0) is 7.11. The van der Waals surface area contributed by atoms with E-state index in [1.807, 2.05) is 0 Å². The van der Waals surface area contributed by atoms with Crippen LogP contribution < -0.4 is 11.1 Å². The zero-order valence-corrected chi connectivity index (χ0v) is 5.46. The van der Waals surface area contributed by atoms with E-state index < -0.39 is 0 Å². The van der Waals surface area contributed by atoms with E-state index in [4.69, 9.17) is 5.73 Å². The molecule has 0 rings (SSSR count). The fourth-order valence-corrected chi connectivity index (χ4v) is 0.383. The number of nitrogens with two attached hydrogens (primary N) is 1. The molecule has 0 aromatic carbocycles. The topological polar surface area (TPSA) is 50.4 Å². The Labute approximate surface area is 55.0 Å². The summed E-state index contributed by atoms with van der Waals surface area (Å²) in [6.45, 7) is 3.50. The van der Waals surface area contributed by atoms with E-state index >= 15 is 0 Å². The maximum Gasteiger partial charge on any atom is 0.127 e. The van der Waals surface area contributed by atoms with Crippen molar-refractivity contribution in [3.63, 3.8) is 0 Å². The third kappa shape index (κ3) is 3.34. The lowest BCUT2D eigenvalue weighted by atomic mass is 10.5. The van der Waals surface area contributed by atoms with Gasteiger partial charge in [0.05, 0.1) is 6.34 Å². The van der Waals surface area contributed by atoms with E-state index in [9.17, 15) is 0 Å². The highest BCUT2D eigenvalue weighted by atomic mass is 15.0. The monoisotopic (exact) mass is 125 g/mol. The van der Waals surface area contributed by atoms with Gasteiger partial charge in [0, 0.05) is 7.05 Å². The molecule has 3 heteroatoms.